The van der Waals surface area contributed by atoms with E-state index < -0.39 is 5.41 Å². The third-order valence-corrected chi connectivity index (χ3v) is 4.36. The predicted molar refractivity (Wildman–Crippen MR) is 92.1 cm³/mol. The van der Waals surface area contributed by atoms with Crippen molar-refractivity contribution < 1.29 is 9.59 Å². The Bertz CT molecular complexity index is 636. The molecule has 2 amide bonds. The van der Waals surface area contributed by atoms with E-state index >= 15 is 0 Å². The number of nitrogens with zero attached hydrogens (tertiary/aromatic N) is 3. The lowest BCUT2D eigenvalue weighted by Gasteiger charge is -2.35. The van der Waals surface area contributed by atoms with Crippen molar-refractivity contribution in [1.29, 1.82) is 5.26 Å². The van der Waals surface area contributed by atoms with E-state index in [2.05, 4.69) is 6.07 Å². The molecule has 0 bridgehead atoms. The summed E-state index contributed by atoms with van der Waals surface area (Å²) in [5.41, 5.74) is 1.55. The molecule has 0 N–H and O–H groups in total. The Labute approximate surface area is 143 Å². The molecule has 0 aliphatic carbocycles. The molecular formula is C19H25N3O2. The Kier molecular flexibility index (Phi) is 5.61. The number of piperazine rings is 1. The van der Waals surface area contributed by atoms with Gasteiger partial charge in [-0.3, -0.25) is 9.59 Å². The van der Waals surface area contributed by atoms with Crippen molar-refractivity contribution in [2.24, 2.45) is 5.41 Å². The van der Waals surface area contributed by atoms with Crippen LogP contribution in [0, 0.1) is 23.7 Å². The molecule has 128 valence electrons. The van der Waals surface area contributed by atoms with E-state index in [1.807, 2.05) is 36.1 Å². The number of hydrogen-bond acceptors (Lipinski definition) is 3. The highest BCUT2D eigenvalue weighted by Gasteiger charge is 2.28. The van der Waals surface area contributed by atoms with E-state index in [4.69, 9.17) is 5.26 Å². The van der Waals surface area contributed by atoms with Gasteiger partial charge in [0.15, 0.2) is 0 Å². The highest BCUT2D eigenvalue weighted by Crippen LogP contribution is 2.20. The Morgan fingerprint density at radius 3 is 2.04 bits per heavy atom. The zero-order valence-electron chi connectivity index (χ0n) is 14.7. The van der Waals surface area contributed by atoms with Crippen LogP contribution in [0.3, 0.4) is 0 Å². The summed E-state index contributed by atoms with van der Waals surface area (Å²) < 4.78 is 0. The Morgan fingerprint density at radius 1 is 1.04 bits per heavy atom. The van der Waals surface area contributed by atoms with Crippen LogP contribution in [0.2, 0.25) is 0 Å². The Morgan fingerprint density at radius 2 is 1.54 bits per heavy atom. The smallest absolute Gasteiger partial charge is 0.227 e. The number of aryl methyl sites for hydroxylation is 1. The second kappa shape index (κ2) is 7.48. The molecule has 1 aromatic rings. The van der Waals surface area contributed by atoms with Gasteiger partial charge in [-0.15, -0.1) is 0 Å². The number of nitriles is 1. The quantitative estimate of drug-likeness (QED) is 0.851. The van der Waals surface area contributed by atoms with E-state index in [1.165, 1.54) is 5.56 Å². The monoisotopic (exact) mass is 327 g/mol. The highest BCUT2D eigenvalue weighted by molar-refractivity contribution is 5.80. The number of amides is 2. The molecule has 24 heavy (non-hydrogen) atoms. The molecule has 0 atom stereocenters. The molecule has 1 heterocycles. The van der Waals surface area contributed by atoms with Gasteiger partial charge in [0.2, 0.25) is 11.8 Å². The molecular weight excluding hydrogens is 302 g/mol. The van der Waals surface area contributed by atoms with Gasteiger partial charge in [-0.1, -0.05) is 29.8 Å². The van der Waals surface area contributed by atoms with Gasteiger partial charge in [0.1, 0.15) is 0 Å². The molecule has 0 spiro atoms. The standard InChI is InChI=1S/C19H25N3O2/c1-15-4-6-16(7-5-15)12-17(23)21-8-10-22(11-9-21)18(24)13-19(2,3)14-20/h4-7H,8-13H2,1-3H3. The minimum atomic E-state index is -0.643. The Balaban J connectivity index is 1.84. The molecule has 5 heteroatoms. The second-order valence-electron chi connectivity index (χ2n) is 7.10. The summed E-state index contributed by atoms with van der Waals surface area (Å²) in [6.07, 6.45) is 0.622. The zero-order chi connectivity index (χ0) is 17.7. The topological polar surface area (TPSA) is 64.4 Å². The van der Waals surface area contributed by atoms with E-state index in [0.717, 1.165) is 5.56 Å². The minimum Gasteiger partial charge on any atom is -0.339 e. The van der Waals surface area contributed by atoms with Crippen LogP contribution in [-0.4, -0.2) is 47.8 Å². The van der Waals surface area contributed by atoms with Crippen molar-refractivity contribution in [1.82, 2.24) is 9.80 Å². The summed E-state index contributed by atoms with van der Waals surface area (Å²) in [4.78, 5) is 28.2. The minimum absolute atomic E-state index is 0.00724. The summed E-state index contributed by atoms with van der Waals surface area (Å²) in [5, 5.41) is 9.04. The van der Waals surface area contributed by atoms with Gasteiger partial charge in [0.25, 0.3) is 0 Å². The van der Waals surface area contributed by atoms with Crippen molar-refractivity contribution in [3.63, 3.8) is 0 Å². The number of hydrogen-bond donors (Lipinski definition) is 0. The summed E-state index contributed by atoms with van der Waals surface area (Å²) in [6.45, 7) is 7.76. The van der Waals surface area contributed by atoms with Gasteiger partial charge in [0.05, 0.1) is 17.9 Å². The average Bonchev–Trinajstić information content (AvgIpc) is 2.56. The molecule has 5 nitrogen and oxygen atoms in total. The first-order chi connectivity index (χ1) is 11.3. The SMILES string of the molecule is Cc1ccc(CC(=O)N2CCN(C(=O)CC(C)(C)C#N)CC2)cc1. The van der Waals surface area contributed by atoms with Gasteiger partial charge >= 0.3 is 0 Å². The maximum absolute atomic E-state index is 12.4. The van der Waals surface area contributed by atoms with E-state index in [0.29, 0.717) is 32.6 Å². The van der Waals surface area contributed by atoms with Gasteiger partial charge in [-0.25, -0.2) is 0 Å². The molecule has 1 aliphatic rings. The first-order valence-corrected chi connectivity index (χ1v) is 8.33. The van der Waals surface area contributed by atoms with Crippen LogP contribution in [0.4, 0.5) is 0 Å². The van der Waals surface area contributed by atoms with Crippen LogP contribution < -0.4 is 0 Å². The predicted octanol–water partition coefficient (Wildman–Crippen LogP) is 2.15. The molecule has 0 radical (unpaired) electrons. The lowest BCUT2D eigenvalue weighted by atomic mass is 9.90. The molecule has 0 aromatic heterocycles. The second-order valence-corrected chi connectivity index (χ2v) is 7.10. The fourth-order valence-electron chi connectivity index (χ4n) is 2.73. The zero-order valence-corrected chi connectivity index (χ0v) is 14.7. The highest BCUT2D eigenvalue weighted by atomic mass is 16.2. The van der Waals surface area contributed by atoms with Crippen LogP contribution in [0.5, 0.6) is 0 Å². The van der Waals surface area contributed by atoms with Crippen LogP contribution >= 0.6 is 0 Å². The largest absolute Gasteiger partial charge is 0.339 e. The third-order valence-electron chi connectivity index (χ3n) is 4.36. The van der Waals surface area contributed by atoms with Crippen LogP contribution in [0.15, 0.2) is 24.3 Å². The fourth-order valence-corrected chi connectivity index (χ4v) is 2.73. The van der Waals surface area contributed by atoms with E-state index in [9.17, 15) is 9.59 Å². The average molecular weight is 327 g/mol. The Hall–Kier alpha value is -2.35. The summed E-state index contributed by atoms with van der Waals surface area (Å²) in [6, 6.07) is 10.1. The van der Waals surface area contributed by atoms with Crippen molar-refractivity contribution in [2.75, 3.05) is 26.2 Å². The summed E-state index contributed by atoms with van der Waals surface area (Å²) >= 11 is 0. The van der Waals surface area contributed by atoms with Crippen LogP contribution in [0.1, 0.15) is 31.4 Å². The molecule has 1 aromatic carbocycles. The molecule has 0 saturated carbocycles. The van der Waals surface area contributed by atoms with Gasteiger partial charge in [-0.2, -0.15) is 5.26 Å². The first-order valence-electron chi connectivity index (χ1n) is 8.33. The maximum atomic E-state index is 12.4. The maximum Gasteiger partial charge on any atom is 0.227 e. The van der Waals surface area contributed by atoms with Gasteiger partial charge < -0.3 is 9.80 Å². The molecule has 0 unspecified atom stereocenters. The normalized spacial score (nSPS) is 15.1. The van der Waals surface area contributed by atoms with Crippen molar-refractivity contribution in [3.8, 4) is 6.07 Å². The third kappa shape index (κ3) is 4.82. The van der Waals surface area contributed by atoms with Crippen molar-refractivity contribution >= 4 is 11.8 Å². The summed E-state index contributed by atoms with van der Waals surface area (Å²) in [5.74, 6) is 0.0930. The van der Waals surface area contributed by atoms with E-state index in [1.54, 1.807) is 18.7 Å². The first kappa shape index (κ1) is 18.0. The summed E-state index contributed by atoms with van der Waals surface area (Å²) in [7, 11) is 0. The van der Waals surface area contributed by atoms with Crippen molar-refractivity contribution in [3.05, 3.63) is 35.4 Å². The molecule has 1 aliphatic heterocycles. The van der Waals surface area contributed by atoms with Gasteiger partial charge in [-0.05, 0) is 26.3 Å². The van der Waals surface area contributed by atoms with E-state index in [-0.39, 0.29) is 18.2 Å². The number of rotatable bonds is 4. The van der Waals surface area contributed by atoms with Crippen LogP contribution in [-0.2, 0) is 16.0 Å². The van der Waals surface area contributed by atoms with Crippen molar-refractivity contribution in [2.45, 2.75) is 33.6 Å². The lowest BCUT2D eigenvalue weighted by molar-refractivity contribution is -0.140. The molecule has 2 rings (SSSR count). The number of carbonyl (C=O) groups is 2. The lowest BCUT2D eigenvalue weighted by Crippen LogP contribution is -2.51. The molecule has 1 fully saturated rings. The van der Waals surface area contributed by atoms with Crippen LogP contribution in [0.25, 0.3) is 0 Å². The number of carbonyl (C=O) groups excluding carboxylic acids is 2. The number of benzene rings is 1. The fraction of sp³-hybridized carbons (Fsp3) is 0.526. The van der Waals surface area contributed by atoms with Gasteiger partial charge in [0, 0.05) is 32.6 Å². The molecule has 1 saturated heterocycles.